The van der Waals surface area contributed by atoms with Gasteiger partial charge in [-0.25, -0.2) is 13.6 Å². The van der Waals surface area contributed by atoms with Gasteiger partial charge in [0.1, 0.15) is 5.82 Å². The third-order valence-corrected chi connectivity index (χ3v) is 5.27. The van der Waals surface area contributed by atoms with Gasteiger partial charge in [-0.1, -0.05) is 13.8 Å². The van der Waals surface area contributed by atoms with Crippen molar-refractivity contribution in [1.82, 2.24) is 14.8 Å². The molecule has 2 aromatic heterocycles. The van der Waals surface area contributed by atoms with Crippen molar-refractivity contribution in [2.45, 2.75) is 39.3 Å². The fraction of sp³-hybridized carbons (Fsp3) is 0.273. The molecule has 0 amide bonds. The van der Waals surface area contributed by atoms with Crippen molar-refractivity contribution in [3.05, 3.63) is 59.2 Å². The first kappa shape index (κ1) is 19.1. The zero-order chi connectivity index (χ0) is 20.9. The Morgan fingerprint density at radius 3 is 2.69 bits per heavy atom. The van der Waals surface area contributed by atoms with Gasteiger partial charge in [0.2, 0.25) is 6.17 Å². The minimum absolute atomic E-state index is 0.0137. The second kappa shape index (κ2) is 6.99. The van der Waals surface area contributed by atoms with E-state index in [1.807, 2.05) is 30.5 Å². The van der Waals surface area contributed by atoms with Crippen LogP contribution < -0.4 is 0 Å². The van der Waals surface area contributed by atoms with Crippen LogP contribution >= 0.6 is 0 Å². The summed E-state index contributed by atoms with van der Waals surface area (Å²) < 4.78 is 30.1. The highest BCUT2D eigenvalue weighted by atomic mass is 19.1. The van der Waals surface area contributed by atoms with E-state index in [0.717, 1.165) is 33.2 Å². The first-order valence-corrected chi connectivity index (χ1v) is 9.41. The van der Waals surface area contributed by atoms with Gasteiger partial charge in [0.15, 0.2) is 0 Å². The fourth-order valence-corrected chi connectivity index (χ4v) is 3.94. The van der Waals surface area contributed by atoms with Crippen LogP contribution in [0.1, 0.15) is 36.6 Å². The van der Waals surface area contributed by atoms with Crippen LogP contribution in [0.5, 0.6) is 0 Å². The maximum atomic E-state index is 14.3. The molecule has 4 aromatic rings. The Bertz CT molecular complexity index is 1240. The van der Waals surface area contributed by atoms with Crippen LogP contribution in [0.15, 0.2) is 36.5 Å². The van der Waals surface area contributed by atoms with Crippen LogP contribution in [0.2, 0.25) is 0 Å². The molecule has 2 N–H and O–H groups in total. The van der Waals surface area contributed by atoms with Crippen LogP contribution in [0.4, 0.5) is 8.78 Å². The molecule has 4 rings (SSSR count). The first-order chi connectivity index (χ1) is 13.8. The van der Waals surface area contributed by atoms with Crippen LogP contribution in [0, 0.1) is 12.7 Å². The summed E-state index contributed by atoms with van der Waals surface area (Å²) in [6.45, 7) is 5.65. The number of aromatic nitrogens is 3. The van der Waals surface area contributed by atoms with Crippen LogP contribution in [-0.4, -0.2) is 32.0 Å². The summed E-state index contributed by atoms with van der Waals surface area (Å²) in [5, 5.41) is 17.7. The smallest absolute Gasteiger partial charge is 0.338 e. The van der Waals surface area contributed by atoms with Gasteiger partial charge in [0.25, 0.3) is 0 Å². The van der Waals surface area contributed by atoms with Gasteiger partial charge < -0.3 is 9.67 Å². The van der Waals surface area contributed by atoms with E-state index in [1.165, 1.54) is 6.07 Å². The zero-order valence-electron chi connectivity index (χ0n) is 16.3. The van der Waals surface area contributed by atoms with Gasteiger partial charge in [0.05, 0.1) is 17.2 Å². The molecule has 0 radical (unpaired) electrons. The van der Waals surface area contributed by atoms with E-state index in [2.05, 4.69) is 10.2 Å². The molecule has 0 unspecified atom stereocenters. The molecule has 2 heterocycles. The number of carboxylic acids is 1. The predicted molar refractivity (Wildman–Crippen MR) is 108 cm³/mol. The summed E-state index contributed by atoms with van der Waals surface area (Å²) >= 11 is 0. The summed E-state index contributed by atoms with van der Waals surface area (Å²) in [6, 6.07) is 8.65. The van der Waals surface area contributed by atoms with Gasteiger partial charge in [-0.15, -0.1) is 0 Å². The maximum absolute atomic E-state index is 14.3. The fourth-order valence-electron chi connectivity index (χ4n) is 3.94. The Balaban J connectivity index is 2.10. The summed E-state index contributed by atoms with van der Waals surface area (Å²) in [4.78, 5) is 11.2. The second-order valence-electron chi connectivity index (χ2n) is 7.62. The molecule has 0 saturated carbocycles. The van der Waals surface area contributed by atoms with Crippen LogP contribution in [0.25, 0.3) is 27.5 Å². The number of fused-ring (bicyclic) bond motifs is 2. The van der Waals surface area contributed by atoms with Crippen molar-refractivity contribution >= 4 is 27.8 Å². The molecule has 0 aliphatic heterocycles. The molecule has 29 heavy (non-hydrogen) atoms. The Kier molecular flexibility index (Phi) is 4.61. The molecule has 2 aromatic carbocycles. The van der Waals surface area contributed by atoms with Crippen LogP contribution in [0.3, 0.4) is 0 Å². The van der Waals surface area contributed by atoms with Gasteiger partial charge in [-0.3, -0.25) is 5.10 Å². The number of rotatable bonds is 5. The number of H-pyrrole nitrogens is 1. The van der Waals surface area contributed by atoms with E-state index in [-0.39, 0.29) is 18.2 Å². The largest absolute Gasteiger partial charge is 0.479 e. The third-order valence-electron chi connectivity index (χ3n) is 5.27. The molecule has 0 bridgehead atoms. The number of aryl methyl sites for hydroxylation is 1. The summed E-state index contributed by atoms with van der Waals surface area (Å²) in [5.74, 6) is -1.80. The molecular formula is C22H21F2N3O2. The number of alkyl halides is 1. The zero-order valence-corrected chi connectivity index (χ0v) is 16.3. The average molecular weight is 397 g/mol. The molecule has 7 heteroatoms. The molecule has 0 spiro atoms. The topological polar surface area (TPSA) is 70.9 Å². The molecule has 0 fully saturated rings. The van der Waals surface area contributed by atoms with Crippen molar-refractivity contribution in [1.29, 1.82) is 0 Å². The molecular weight excluding hydrogens is 376 g/mol. The minimum Gasteiger partial charge on any atom is -0.479 e. The highest BCUT2D eigenvalue weighted by Gasteiger charge is 2.26. The maximum Gasteiger partial charge on any atom is 0.338 e. The number of benzene rings is 2. The SMILES string of the molecule is Cc1cc(-n2c(C(C)C)c(C[C@H](F)C(=O)O)c3cc4[nH]ncc4cc32)ccc1F. The lowest BCUT2D eigenvalue weighted by Gasteiger charge is -2.16. The van der Waals surface area contributed by atoms with Crippen molar-refractivity contribution in [2.75, 3.05) is 0 Å². The second-order valence-corrected chi connectivity index (χ2v) is 7.62. The number of hydrogen-bond donors (Lipinski definition) is 2. The average Bonchev–Trinajstić information content (AvgIpc) is 3.24. The monoisotopic (exact) mass is 397 g/mol. The van der Waals surface area contributed by atoms with Crippen molar-refractivity contribution in [3.8, 4) is 5.69 Å². The Labute approximate surface area is 166 Å². The molecule has 150 valence electrons. The van der Waals surface area contributed by atoms with E-state index >= 15 is 0 Å². The normalized spacial score (nSPS) is 12.9. The number of aromatic amines is 1. The van der Waals surface area contributed by atoms with Gasteiger partial charge in [0, 0.05) is 28.6 Å². The van der Waals surface area contributed by atoms with E-state index < -0.39 is 12.1 Å². The number of carboxylic acid groups (broad SMARTS) is 1. The van der Waals surface area contributed by atoms with E-state index in [4.69, 9.17) is 5.11 Å². The van der Waals surface area contributed by atoms with Crippen molar-refractivity contribution in [3.63, 3.8) is 0 Å². The lowest BCUT2D eigenvalue weighted by molar-refractivity contribution is -0.142. The molecule has 1 atom stereocenters. The van der Waals surface area contributed by atoms with Crippen LogP contribution in [-0.2, 0) is 11.2 Å². The van der Waals surface area contributed by atoms with Gasteiger partial charge in [-0.2, -0.15) is 5.10 Å². The summed E-state index contributed by atoms with van der Waals surface area (Å²) in [5.41, 5.74) is 4.30. The highest BCUT2D eigenvalue weighted by molar-refractivity contribution is 5.99. The summed E-state index contributed by atoms with van der Waals surface area (Å²) in [6.07, 6.45) is -0.558. The highest BCUT2D eigenvalue weighted by Crippen LogP contribution is 2.37. The molecule has 0 aliphatic rings. The molecule has 0 saturated heterocycles. The number of nitrogens with one attached hydrogen (secondary N) is 1. The first-order valence-electron chi connectivity index (χ1n) is 9.41. The number of carbonyl (C=O) groups is 1. The predicted octanol–water partition coefficient (Wildman–Crippen LogP) is 5.04. The minimum atomic E-state index is -2.01. The molecule has 0 aliphatic carbocycles. The number of halogens is 2. The number of nitrogens with zero attached hydrogens (tertiary/aromatic N) is 2. The van der Waals surface area contributed by atoms with Crippen molar-refractivity contribution < 1.29 is 18.7 Å². The van der Waals surface area contributed by atoms with E-state index in [0.29, 0.717) is 11.1 Å². The lowest BCUT2D eigenvalue weighted by Crippen LogP contribution is -2.18. The van der Waals surface area contributed by atoms with Gasteiger partial charge in [-0.05, 0) is 54.3 Å². The number of hydrogen-bond acceptors (Lipinski definition) is 2. The standard InChI is InChI=1S/C22H21F2N3O2/c1-11(2)21-16(8-18(24)22(28)29)15-9-19-13(10-25-26-19)7-20(15)27(21)14-4-5-17(23)12(3)6-14/h4-7,9-11,18H,8H2,1-3H3,(H,25,26)(H,28,29)/t18-/m0/s1. The molecule has 5 nitrogen and oxygen atoms in total. The Morgan fingerprint density at radius 2 is 2.03 bits per heavy atom. The van der Waals surface area contributed by atoms with Crippen molar-refractivity contribution in [2.24, 2.45) is 0 Å². The Hall–Kier alpha value is -3.22. The Morgan fingerprint density at radius 1 is 1.28 bits per heavy atom. The quantitative estimate of drug-likeness (QED) is 0.495. The van der Waals surface area contributed by atoms with Gasteiger partial charge >= 0.3 is 5.97 Å². The number of aliphatic carboxylic acids is 1. The lowest BCUT2D eigenvalue weighted by atomic mass is 9.98. The van der Waals surface area contributed by atoms with E-state index in [1.54, 1.807) is 25.3 Å². The third kappa shape index (κ3) is 3.16. The summed E-state index contributed by atoms with van der Waals surface area (Å²) in [7, 11) is 0. The van der Waals surface area contributed by atoms with E-state index in [9.17, 15) is 13.6 Å².